The first-order valence-electron chi connectivity index (χ1n) is 7.57. The van der Waals surface area contributed by atoms with Crippen molar-refractivity contribution in [3.63, 3.8) is 0 Å². The summed E-state index contributed by atoms with van der Waals surface area (Å²) in [5.74, 6) is 0.687. The molecule has 2 amide bonds. The molecule has 0 atom stereocenters. The molecule has 0 bridgehead atoms. The molecule has 0 aliphatic rings. The van der Waals surface area contributed by atoms with Crippen molar-refractivity contribution in [3.05, 3.63) is 54.1 Å². The third-order valence-corrected chi connectivity index (χ3v) is 4.53. The van der Waals surface area contributed by atoms with Gasteiger partial charge in [0.25, 0.3) is 0 Å². The fourth-order valence-electron chi connectivity index (χ4n) is 2.19. The molecule has 0 radical (unpaired) electrons. The van der Waals surface area contributed by atoms with Crippen LogP contribution in [-0.2, 0) is 16.4 Å². The number of amides is 2. The lowest BCUT2D eigenvalue weighted by Gasteiger charge is -2.18. The van der Waals surface area contributed by atoms with Crippen LogP contribution in [0.4, 0.5) is 4.79 Å². The Morgan fingerprint density at radius 1 is 1.15 bits per heavy atom. The first kappa shape index (κ1) is 19.3. The van der Waals surface area contributed by atoms with Crippen LogP contribution in [0.3, 0.4) is 0 Å². The van der Waals surface area contributed by atoms with Gasteiger partial charge in [0.05, 0.1) is 0 Å². The van der Waals surface area contributed by atoms with Crippen molar-refractivity contribution in [3.8, 4) is 11.5 Å². The van der Waals surface area contributed by atoms with Crippen molar-refractivity contribution < 1.29 is 17.9 Å². The summed E-state index contributed by atoms with van der Waals surface area (Å²) in [4.78, 5) is 15.8. The molecule has 0 saturated heterocycles. The lowest BCUT2D eigenvalue weighted by molar-refractivity contribution is 0.256. The summed E-state index contributed by atoms with van der Waals surface area (Å²) in [6, 6.07) is 12.8. The number of primary amides is 1. The lowest BCUT2D eigenvalue weighted by Crippen LogP contribution is -2.34. The molecule has 2 rings (SSSR count). The summed E-state index contributed by atoms with van der Waals surface area (Å²) in [5, 5.41) is 0. The van der Waals surface area contributed by atoms with E-state index in [1.807, 2.05) is 6.07 Å². The summed E-state index contributed by atoms with van der Waals surface area (Å²) >= 11 is 0. The van der Waals surface area contributed by atoms with Gasteiger partial charge in [-0.1, -0.05) is 24.3 Å². The van der Waals surface area contributed by atoms with Crippen LogP contribution >= 0.6 is 0 Å². The molecule has 138 valence electrons. The van der Waals surface area contributed by atoms with Crippen LogP contribution in [0, 0.1) is 0 Å². The van der Waals surface area contributed by atoms with E-state index >= 15 is 0 Å². The molecule has 0 unspecified atom stereocenters. The fourth-order valence-corrected chi connectivity index (χ4v) is 3.03. The molecule has 9 heteroatoms. The van der Waals surface area contributed by atoms with E-state index in [1.54, 1.807) is 43.4 Å². The number of nitrogens with zero attached hydrogens (tertiary/aromatic N) is 2. The molecule has 0 heterocycles. The summed E-state index contributed by atoms with van der Waals surface area (Å²) in [7, 11) is -1.92. The highest BCUT2D eigenvalue weighted by Crippen LogP contribution is 2.30. The maximum Gasteiger partial charge on any atom is 0.341 e. The second-order valence-corrected chi connectivity index (χ2v) is 7.62. The molecule has 0 aliphatic heterocycles. The fraction of sp³-hybridized carbons (Fsp3) is 0.176. The Morgan fingerprint density at radius 3 is 2.38 bits per heavy atom. The van der Waals surface area contributed by atoms with Crippen molar-refractivity contribution in [2.24, 2.45) is 16.5 Å². The number of ether oxygens (including phenoxy) is 1. The van der Waals surface area contributed by atoms with E-state index in [-0.39, 0.29) is 23.1 Å². The number of carbonyl (C=O) groups excluding carboxylic acids is 1. The minimum atomic E-state index is -3.53. The van der Waals surface area contributed by atoms with Crippen molar-refractivity contribution >= 4 is 21.8 Å². The number of para-hydroxylation sites is 1. The largest absolute Gasteiger partial charge is 0.456 e. The van der Waals surface area contributed by atoms with Crippen LogP contribution in [0.25, 0.3) is 0 Å². The van der Waals surface area contributed by atoms with E-state index in [2.05, 4.69) is 4.99 Å². The van der Waals surface area contributed by atoms with Gasteiger partial charge >= 0.3 is 6.03 Å². The summed E-state index contributed by atoms with van der Waals surface area (Å²) in [6.07, 6.45) is 1.11. The van der Waals surface area contributed by atoms with Gasteiger partial charge in [0.1, 0.15) is 16.4 Å². The van der Waals surface area contributed by atoms with Crippen LogP contribution in [0.1, 0.15) is 5.56 Å². The van der Waals surface area contributed by atoms with Gasteiger partial charge in [0, 0.05) is 19.8 Å². The van der Waals surface area contributed by atoms with Gasteiger partial charge in [-0.2, -0.15) is 4.99 Å². The normalized spacial score (nSPS) is 11.8. The Balaban J connectivity index is 2.33. The number of guanidine groups is 1. The molecule has 0 spiro atoms. The Morgan fingerprint density at radius 2 is 1.81 bits per heavy atom. The molecule has 2 aromatic rings. The molecule has 0 aromatic heterocycles. The number of benzene rings is 2. The van der Waals surface area contributed by atoms with Crippen LogP contribution in [0.5, 0.6) is 11.5 Å². The summed E-state index contributed by atoms with van der Waals surface area (Å²) < 4.78 is 30.0. The van der Waals surface area contributed by atoms with E-state index in [4.69, 9.17) is 16.2 Å². The minimum Gasteiger partial charge on any atom is -0.456 e. The standard InChI is InChI=1S/C17H20N4O4S/c1-21(16(18)20-17(19)22)11-12-8-9-14(15(10-12)26(2,23)24)25-13-6-4-3-5-7-13/h3-10H,11H2,1-2H3,(H4,18,19,20,22). The predicted octanol–water partition coefficient (Wildman–Crippen LogP) is 1.71. The zero-order chi connectivity index (χ0) is 19.3. The van der Waals surface area contributed by atoms with Crippen LogP contribution in [-0.4, -0.2) is 38.6 Å². The highest BCUT2D eigenvalue weighted by molar-refractivity contribution is 7.90. The highest BCUT2D eigenvalue weighted by Gasteiger charge is 2.17. The number of sulfone groups is 1. The predicted molar refractivity (Wildman–Crippen MR) is 98.7 cm³/mol. The molecule has 0 fully saturated rings. The van der Waals surface area contributed by atoms with Gasteiger partial charge < -0.3 is 21.1 Å². The van der Waals surface area contributed by atoms with Gasteiger partial charge in [-0.3, -0.25) is 0 Å². The minimum absolute atomic E-state index is 0.0534. The second kappa shape index (κ2) is 7.87. The Hall–Kier alpha value is -3.07. The van der Waals surface area contributed by atoms with Crippen molar-refractivity contribution in [1.82, 2.24) is 4.90 Å². The zero-order valence-corrected chi connectivity index (χ0v) is 15.2. The topological polar surface area (TPSA) is 128 Å². The summed E-state index contributed by atoms with van der Waals surface area (Å²) in [5.41, 5.74) is 11.3. The number of aliphatic imine (C=N–C) groups is 1. The molecule has 26 heavy (non-hydrogen) atoms. The number of carbonyl (C=O) groups is 1. The number of hydrogen-bond acceptors (Lipinski definition) is 4. The first-order valence-corrected chi connectivity index (χ1v) is 9.46. The van der Waals surface area contributed by atoms with E-state index in [9.17, 15) is 13.2 Å². The number of urea groups is 1. The van der Waals surface area contributed by atoms with E-state index in [0.29, 0.717) is 11.3 Å². The van der Waals surface area contributed by atoms with Crippen LogP contribution in [0.2, 0.25) is 0 Å². The highest BCUT2D eigenvalue weighted by atomic mass is 32.2. The number of nitrogens with two attached hydrogens (primary N) is 2. The van der Waals surface area contributed by atoms with Gasteiger partial charge in [-0.05, 0) is 29.8 Å². The number of hydrogen-bond donors (Lipinski definition) is 2. The molecule has 8 nitrogen and oxygen atoms in total. The van der Waals surface area contributed by atoms with Crippen molar-refractivity contribution in [1.29, 1.82) is 0 Å². The maximum atomic E-state index is 12.2. The molecule has 0 saturated carbocycles. The molecule has 2 aromatic carbocycles. The van der Waals surface area contributed by atoms with E-state index < -0.39 is 15.9 Å². The third kappa shape index (κ3) is 5.21. The molecular weight excluding hydrogens is 356 g/mol. The van der Waals surface area contributed by atoms with Crippen molar-refractivity contribution in [2.45, 2.75) is 11.4 Å². The van der Waals surface area contributed by atoms with Gasteiger partial charge in [-0.25, -0.2) is 13.2 Å². The lowest BCUT2D eigenvalue weighted by atomic mass is 10.2. The Bertz CT molecular complexity index is 927. The number of rotatable bonds is 5. The average molecular weight is 376 g/mol. The molecular formula is C17H20N4O4S. The average Bonchev–Trinajstić information content (AvgIpc) is 2.55. The maximum absolute atomic E-state index is 12.2. The SMILES string of the molecule is CN(Cc1ccc(Oc2ccccc2)c(S(C)(=O)=O)c1)C(N)=NC(N)=O. The van der Waals surface area contributed by atoms with Crippen LogP contribution in [0.15, 0.2) is 58.4 Å². The van der Waals surface area contributed by atoms with Crippen molar-refractivity contribution in [2.75, 3.05) is 13.3 Å². The Labute approximate surface area is 152 Å². The quantitative estimate of drug-likeness (QED) is 0.604. The molecule has 0 aliphatic carbocycles. The third-order valence-electron chi connectivity index (χ3n) is 3.41. The van der Waals surface area contributed by atoms with Crippen LogP contribution < -0.4 is 16.2 Å². The van der Waals surface area contributed by atoms with E-state index in [1.165, 1.54) is 11.0 Å². The Kier molecular flexibility index (Phi) is 5.83. The van der Waals surface area contributed by atoms with E-state index in [0.717, 1.165) is 6.26 Å². The smallest absolute Gasteiger partial charge is 0.341 e. The zero-order valence-electron chi connectivity index (χ0n) is 14.4. The first-order chi connectivity index (χ1) is 12.2. The monoisotopic (exact) mass is 376 g/mol. The molecule has 4 N–H and O–H groups in total. The van der Waals surface area contributed by atoms with Gasteiger partial charge in [0.15, 0.2) is 9.84 Å². The van der Waals surface area contributed by atoms with Gasteiger partial charge in [0.2, 0.25) is 5.96 Å². The van der Waals surface area contributed by atoms with Gasteiger partial charge in [-0.15, -0.1) is 0 Å². The second-order valence-electron chi connectivity index (χ2n) is 5.63. The summed E-state index contributed by atoms with van der Waals surface area (Å²) in [6.45, 7) is 0.233.